The SMILES string of the molecule is COc1ncc(-c2ccc3c(c2)c(C(C)=O)cn3CC(=O)N2C3C[C@@H]3C[C@H]2C(=O)Nc2cccc(-c3ccccc3Cl)c2F)cn1. The molecule has 1 N–H and O–H groups in total. The highest BCUT2D eigenvalue weighted by Crippen LogP contribution is 2.48. The first kappa shape index (κ1) is 29.6. The fourth-order valence-electron chi connectivity index (χ4n) is 6.47. The molecule has 0 bridgehead atoms. The molecule has 232 valence electrons. The number of nitrogens with zero attached hydrogens (tertiary/aromatic N) is 4. The first-order valence-electron chi connectivity index (χ1n) is 14.9. The van der Waals surface area contributed by atoms with Gasteiger partial charge in [-0.3, -0.25) is 14.4 Å². The van der Waals surface area contributed by atoms with Crippen molar-refractivity contribution in [3.63, 3.8) is 0 Å². The predicted octanol–water partition coefficient (Wildman–Crippen LogP) is 6.40. The zero-order valence-corrected chi connectivity index (χ0v) is 25.8. The van der Waals surface area contributed by atoms with E-state index in [9.17, 15) is 14.4 Å². The van der Waals surface area contributed by atoms with E-state index in [2.05, 4.69) is 15.3 Å². The van der Waals surface area contributed by atoms with Crippen LogP contribution in [-0.4, -0.2) is 56.2 Å². The van der Waals surface area contributed by atoms with Crippen LogP contribution in [0.4, 0.5) is 10.1 Å². The second-order valence-corrected chi connectivity index (χ2v) is 12.1. The summed E-state index contributed by atoms with van der Waals surface area (Å²) >= 11 is 6.31. The van der Waals surface area contributed by atoms with Crippen molar-refractivity contribution >= 4 is 45.8 Å². The lowest BCUT2D eigenvalue weighted by Crippen LogP contribution is -2.46. The highest BCUT2D eigenvalue weighted by atomic mass is 35.5. The number of hydrogen-bond donors (Lipinski definition) is 1. The van der Waals surface area contributed by atoms with Crippen LogP contribution in [0, 0.1) is 11.7 Å². The van der Waals surface area contributed by atoms with E-state index in [1.54, 1.807) is 64.5 Å². The molecule has 3 aromatic carbocycles. The van der Waals surface area contributed by atoms with Crippen LogP contribution in [0.2, 0.25) is 5.02 Å². The van der Waals surface area contributed by atoms with Crippen LogP contribution in [-0.2, 0) is 16.1 Å². The van der Waals surface area contributed by atoms with Gasteiger partial charge in [-0.15, -0.1) is 0 Å². The molecule has 9 nitrogen and oxygen atoms in total. The molecule has 1 saturated heterocycles. The maximum atomic E-state index is 15.6. The number of nitrogens with one attached hydrogen (secondary N) is 1. The highest BCUT2D eigenvalue weighted by molar-refractivity contribution is 6.33. The number of likely N-dealkylation sites (tertiary alicyclic amines) is 1. The van der Waals surface area contributed by atoms with Crippen molar-refractivity contribution in [2.45, 2.75) is 38.4 Å². The number of ketones is 1. The summed E-state index contributed by atoms with van der Waals surface area (Å²) in [7, 11) is 1.49. The van der Waals surface area contributed by atoms with Crippen molar-refractivity contribution in [3.8, 4) is 28.3 Å². The molecular formula is C35H29ClFN5O4. The van der Waals surface area contributed by atoms with Gasteiger partial charge in [0.25, 0.3) is 0 Å². The quantitative estimate of drug-likeness (QED) is 0.198. The molecule has 1 aliphatic carbocycles. The van der Waals surface area contributed by atoms with Crippen molar-refractivity contribution in [2.24, 2.45) is 5.92 Å². The molecule has 5 aromatic rings. The van der Waals surface area contributed by atoms with Gasteiger partial charge < -0.3 is 19.5 Å². The largest absolute Gasteiger partial charge is 0.467 e. The molecule has 46 heavy (non-hydrogen) atoms. The van der Waals surface area contributed by atoms with Crippen LogP contribution in [0.25, 0.3) is 33.2 Å². The third kappa shape index (κ3) is 5.28. The summed E-state index contributed by atoms with van der Waals surface area (Å²) in [5.41, 5.74) is 3.57. The minimum absolute atomic E-state index is 0.0240. The molecule has 3 atom stereocenters. The van der Waals surface area contributed by atoms with E-state index < -0.39 is 17.8 Å². The number of anilines is 1. The number of methoxy groups -OCH3 is 1. The fraction of sp³-hybridized carbons (Fsp3) is 0.229. The normalized spacial score (nSPS) is 18.3. The van der Waals surface area contributed by atoms with Gasteiger partial charge in [0.1, 0.15) is 12.6 Å². The van der Waals surface area contributed by atoms with Crippen LogP contribution >= 0.6 is 11.6 Å². The number of carbonyl (C=O) groups excluding carboxylic acids is 3. The molecule has 3 heterocycles. The van der Waals surface area contributed by atoms with Crippen molar-refractivity contribution < 1.29 is 23.5 Å². The van der Waals surface area contributed by atoms with Crippen molar-refractivity contribution in [2.75, 3.05) is 12.4 Å². The van der Waals surface area contributed by atoms with E-state index in [0.29, 0.717) is 33.5 Å². The average molecular weight is 638 g/mol. The summed E-state index contributed by atoms with van der Waals surface area (Å²) in [6.45, 7) is 1.43. The van der Waals surface area contributed by atoms with Gasteiger partial charge in [0, 0.05) is 62.8 Å². The number of Topliss-reactive ketones (excluding diaryl/α,β-unsaturated/α-hetero) is 1. The van der Waals surface area contributed by atoms with E-state index in [-0.39, 0.29) is 47.5 Å². The number of aromatic nitrogens is 3. The molecule has 2 aromatic heterocycles. The minimum atomic E-state index is -0.740. The first-order valence-corrected chi connectivity index (χ1v) is 15.3. The molecule has 1 aliphatic heterocycles. The Morgan fingerprint density at radius 1 is 1.00 bits per heavy atom. The van der Waals surface area contributed by atoms with Gasteiger partial charge in [-0.1, -0.05) is 48.0 Å². The molecule has 2 fully saturated rings. The summed E-state index contributed by atoms with van der Waals surface area (Å²) in [6, 6.07) is 16.8. The van der Waals surface area contributed by atoms with Crippen LogP contribution in [0.1, 0.15) is 30.1 Å². The van der Waals surface area contributed by atoms with Crippen LogP contribution in [0.3, 0.4) is 0 Å². The molecule has 2 amide bonds. The van der Waals surface area contributed by atoms with E-state index in [1.165, 1.54) is 20.1 Å². The number of halogens is 2. The Hall–Kier alpha value is -5.09. The maximum Gasteiger partial charge on any atom is 0.316 e. The smallest absolute Gasteiger partial charge is 0.316 e. The Labute approximate surface area is 269 Å². The van der Waals surface area contributed by atoms with Crippen LogP contribution in [0.5, 0.6) is 6.01 Å². The molecule has 1 saturated carbocycles. The molecule has 1 unspecified atom stereocenters. The van der Waals surface area contributed by atoms with Crippen LogP contribution in [0.15, 0.2) is 79.3 Å². The number of hydrogen-bond acceptors (Lipinski definition) is 6. The zero-order valence-electron chi connectivity index (χ0n) is 25.0. The Balaban J connectivity index is 1.13. The number of piperidine rings is 1. The number of amides is 2. The molecule has 0 spiro atoms. The van der Waals surface area contributed by atoms with E-state index in [4.69, 9.17) is 16.3 Å². The number of benzene rings is 3. The van der Waals surface area contributed by atoms with E-state index in [0.717, 1.165) is 17.5 Å². The third-order valence-electron chi connectivity index (χ3n) is 8.83. The molecular weight excluding hydrogens is 609 g/mol. The lowest BCUT2D eigenvalue weighted by molar-refractivity contribution is -0.138. The molecule has 7 rings (SSSR count). The van der Waals surface area contributed by atoms with Gasteiger partial charge >= 0.3 is 6.01 Å². The summed E-state index contributed by atoms with van der Waals surface area (Å²) in [6.07, 6.45) is 6.30. The average Bonchev–Trinajstić information content (AvgIpc) is 3.57. The van der Waals surface area contributed by atoms with Gasteiger partial charge in [-0.05, 0) is 55.5 Å². The van der Waals surface area contributed by atoms with Gasteiger partial charge in [0.2, 0.25) is 11.8 Å². The summed E-state index contributed by atoms with van der Waals surface area (Å²) < 4.78 is 22.4. The minimum Gasteiger partial charge on any atom is -0.467 e. The highest BCUT2D eigenvalue weighted by Gasteiger charge is 2.56. The molecule has 11 heteroatoms. The van der Waals surface area contributed by atoms with Gasteiger partial charge in [0.05, 0.1) is 12.8 Å². The number of carbonyl (C=O) groups is 3. The van der Waals surface area contributed by atoms with Gasteiger partial charge in [0.15, 0.2) is 11.6 Å². The zero-order chi connectivity index (χ0) is 32.1. The summed E-state index contributed by atoms with van der Waals surface area (Å²) in [5.74, 6) is -1.19. The topological polar surface area (TPSA) is 106 Å². The summed E-state index contributed by atoms with van der Waals surface area (Å²) in [5, 5.41) is 3.82. The van der Waals surface area contributed by atoms with E-state index >= 15 is 4.39 Å². The first-order chi connectivity index (χ1) is 22.2. The standard InChI is InChI=1S/C35H29ClFN5O4/c1-19(43)26-17-41(29-11-10-20(12-25(26)29)22-15-38-35(46-2)39-16-22)18-32(44)42-30-13-21(30)14-31(42)34(45)40-28-9-5-7-24(33(28)37)23-6-3-4-8-27(23)36/h3-12,15-17,21,30-31H,13-14,18H2,1-2H3,(H,40,45)/t21-,30?,31+/m1/s1. The number of ether oxygens (including phenoxy) is 1. The van der Waals surface area contributed by atoms with Gasteiger partial charge in [-0.25, -0.2) is 14.4 Å². The van der Waals surface area contributed by atoms with Crippen LogP contribution < -0.4 is 10.1 Å². The number of rotatable bonds is 8. The van der Waals surface area contributed by atoms with Crippen molar-refractivity contribution in [1.29, 1.82) is 0 Å². The Morgan fingerprint density at radius 3 is 2.50 bits per heavy atom. The second kappa shape index (κ2) is 11.7. The lowest BCUT2D eigenvalue weighted by atomic mass is 10.0. The lowest BCUT2D eigenvalue weighted by Gasteiger charge is -2.27. The summed E-state index contributed by atoms with van der Waals surface area (Å²) in [4.78, 5) is 50.0. The third-order valence-corrected chi connectivity index (χ3v) is 9.16. The second-order valence-electron chi connectivity index (χ2n) is 11.7. The van der Waals surface area contributed by atoms with E-state index in [1.807, 2.05) is 18.2 Å². The monoisotopic (exact) mass is 637 g/mol. The molecule has 2 aliphatic rings. The Bertz CT molecular complexity index is 2030. The number of fused-ring (bicyclic) bond motifs is 2. The Morgan fingerprint density at radius 2 is 1.76 bits per heavy atom. The predicted molar refractivity (Wildman–Crippen MR) is 172 cm³/mol. The molecule has 0 radical (unpaired) electrons. The van der Waals surface area contributed by atoms with Gasteiger partial charge in [-0.2, -0.15) is 0 Å². The Kier molecular flexibility index (Phi) is 7.52. The maximum absolute atomic E-state index is 15.6. The van der Waals surface area contributed by atoms with Crippen molar-refractivity contribution in [1.82, 2.24) is 19.4 Å². The fourth-order valence-corrected chi connectivity index (χ4v) is 6.71. The van der Waals surface area contributed by atoms with Crippen molar-refractivity contribution in [3.05, 3.63) is 95.7 Å².